The predicted molar refractivity (Wildman–Crippen MR) is 76.1 cm³/mol. The third-order valence-electron chi connectivity index (χ3n) is 3.58. The van der Waals surface area contributed by atoms with Crippen molar-refractivity contribution < 1.29 is 9.53 Å². The molecule has 0 bridgehead atoms. The van der Waals surface area contributed by atoms with Gasteiger partial charge in [0, 0.05) is 31.6 Å². The number of amides is 1. The summed E-state index contributed by atoms with van der Waals surface area (Å²) in [7, 11) is 1.71. The van der Waals surface area contributed by atoms with E-state index < -0.39 is 0 Å². The second-order valence-electron chi connectivity index (χ2n) is 4.95. The molecule has 1 saturated heterocycles. The van der Waals surface area contributed by atoms with Gasteiger partial charge in [0.05, 0.1) is 12.6 Å². The number of hydrogen-bond acceptors (Lipinski definition) is 4. The fourth-order valence-corrected chi connectivity index (χ4v) is 2.31. The monoisotopic (exact) mass is 263 g/mol. The number of carbonyl (C=O) groups excluding carboxylic acids is 1. The van der Waals surface area contributed by atoms with Crippen molar-refractivity contribution in [1.29, 1.82) is 0 Å². The number of methoxy groups -OCH3 is 1. The first-order chi connectivity index (χ1) is 9.10. The summed E-state index contributed by atoms with van der Waals surface area (Å²) < 4.78 is 5.29. The average Bonchev–Trinajstić information content (AvgIpc) is 2.82. The number of hydrogen-bond donors (Lipinski definition) is 2. The first-order valence-electron chi connectivity index (χ1n) is 6.50. The van der Waals surface area contributed by atoms with Crippen LogP contribution in [0.2, 0.25) is 0 Å². The van der Waals surface area contributed by atoms with Gasteiger partial charge in [0.1, 0.15) is 0 Å². The van der Waals surface area contributed by atoms with E-state index in [2.05, 4.69) is 10.2 Å². The highest BCUT2D eigenvalue weighted by molar-refractivity contribution is 5.93. The highest BCUT2D eigenvalue weighted by atomic mass is 16.5. The van der Waals surface area contributed by atoms with Crippen LogP contribution in [0.1, 0.15) is 12.0 Å². The molecule has 0 radical (unpaired) electrons. The van der Waals surface area contributed by atoms with Crippen molar-refractivity contribution in [2.45, 2.75) is 19.4 Å². The molecule has 0 saturated carbocycles. The normalized spacial score (nSPS) is 19.6. The number of likely N-dealkylation sites (tertiary alicyclic amines) is 1. The Morgan fingerprint density at radius 1 is 1.58 bits per heavy atom. The summed E-state index contributed by atoms with van der Waals surface area (Å²) in [4.78, 5) is 14.1. The minimum absolute atomic E-state index is 0.00884. The molecule has 104 valence electrons. The van der Waals surface area contributed by atoms with Gasteiger partial charge in [0.2, 0.25) is 5.91 Å². The molecule has 0 aliphatic carbocycles. The highest BCUT2D eigenvalue weighted by Gasteiger charge is 2.23. The Morgan fingerprint density at radius 3 is 3.05 bits per heavy atom. The van der Waals surface area contributed by atoms with Gasteiger partial charge in [-0.15, -0.1) is 0 Å². The lowest BCUT2D eigenvalue weighted by molar-refractivity contribution is -0.117. The highest BCUT2D eigenvalue weighted by Crippen LogP contribution is 2.20. The molecule has 1 aliphatic heterocycles. The third-order valence-corrected chi connectivity index (χ3v) is 3.58. The Morgan fingerprint density at radius 2 is 2.37 bits per heavy atom. The van der Waals surface area contributed by atoms with Crippen molar-refractivity contribution in [3.63, 3.8) is 0 Å². The van der Waals surface area contributed by atoms with E-state index in [1.54, 1.807) is 7.11 Å². The van der Waals surface area contributed by atoms with Gasteiger partial charge in [-0.25, -0.2) is 0 Å². The molecule has 1 fully saturated rings. The maximum Gasteiger partial charge on any atom is 0.238 e. The molecule has 0 aromatic heterocycles. The minimum Gasteiger partial charge on any atom is -0.398 e. The molecule has 1 amide bonds. The van der Waals surface area contributed by atoms with E-state index in [0.29, 0.717) is 12.2 Å². The second kappa shape index (κ2) is 6.04. The van der Waals surface area contributed by atoms with Gasteiger partial charge in [-0.1, -0.05) is 6.07 Å². The van der Waals surface area contributed by atoms with Crippen LogP contribution < -0.4 is 11.1 Å². The van der Waals surface area contributed by atoms with Crippen LogP contribution >= 0.6 is 0 Å². The topological polar surface area (TPSA) is 67.6 Å². The van der Waals surface area contributed by atoms with Crippen LogP contribution in [0.25, 0.3) is 0 Å². The lowest BCUT2D eigenvalue weighted by atomic mass is 10.1. The lowest BCUT2D eigenvalue weighted by Crippen LogP contribution is -2.32. The molecule has 5 heteroatoms. The van der Waals surface area contributed by atoms with Gasteiger partial charge in [-0.2, -0.15) is 0 Å². The molecule has 19 heavy (non-hydrogen) atoms. The largest absolute Gasteiger partial charge is 0.398 e. The molecule has 5 nitrogen and oxygen atoms in total. The van der Waals surface area contributed by atoms with Crippen LogP contribution in [-0.4, -0.2) is 43.7 Å². The number of nitrogens with one attached hydrogen (secondary N) is 1. The van der Waals surface area contributed by atoms with Crippen molar-refractivity contribution >= 4 is 17.3 Å². The smallest absolute Gasteiger partial charge is 0.238 e. The van der Waals surface area contributed by atoms with E-state index >= 15 is 0 Å². The summed E-state index contributed by atoms with van der Waals surface area (Å²) in [6.07, 6.45) is 1.24. The van der Waals surface area contributed by atoms with Crippen LogP contribution in [0.5, 0.6) is 0 Å². The summed E-state index contributed by atoms with van der Waals surface area (Å²) in [5.41, 5.74) is 8.20. The number of nitrogen functional groups attached to an aromatic ring is 1. The van der Waals surface area contributed by atoms with Gasteiger partial charge >= 0.3 is 0 Å². The van der Waals surface area contributed by atoms with Gasteiger partial charge < -0.3 is 15.8 Å². The first kappa shape index (κ1) is 13.8. The Kier molecular flexibility index (Phi) is 4.39. The molecule has 1 aromatic carbocycles. The summed E-state index contributed by atoms with van der Waals surface area (Å²) >= 11 is 0. The number of carbonyl (C=O) groups is 1. The summed E-state index contributed by atoms with van der Waals surface area (Å²) in [6.45, 7) is 4.03. The molecule has 1 atom stereocenters. The van der Waals surface area contributed by atoms with Crippen molar-refractivity contribution in [3.8, 4) is 0 Å². The maximum absolute atomic E-state index is 12.0. The van der Waals surface area contributed by atoms with Crippen LogP contribution in [0.4, 0.5) is 11.4 Å². The molecule has 3 N–H and O–H groups in total. The van der Waals surface area contributed by atoms with Crippen molar-refractivity contribution in [2.75, 3.05) is 37.8 Å². The van der Waals surface area contributed by atoms with E-state index in [1.165, 1.54) is 0 Å². The van der Waals surface area contributed by atoms with Crippen molar-refractivity contribution in [2.24, 2.45) is 0 Å². The number of nitrogens with two attached hydrogens (primary N) is 1. The predicted octanol–water partition coefficient (Wildman–Crippen LogP) is 1.24. The summed E-state index contributed by atoms with van der Waals surface area (Å²) in [5.74, 6) is -0.00884. The second-order valence-corrected chi connectivity index (χ2v) is 4.95. The van der Waals surface area contributed by atoms with Gasteiger partial charge in [0.15, 0.2) is 0 Å². The third kappa shape index (κ3) is 3.45. The lowest BCUT2D eigenvalue weighted by Gasteiger charge is -2.16. The fraction of sp³-hybridized carbons (Fsp3) is 0.500. The number of rotatable bonds is 4. The van der Waals surface area contributed by atoms with Crippen LogP contribution in [0, 0.1) is 6.92 Å². The van der Waals surface area contributed by atoms with E-state index in [1.807, 2.05) is 25.1 Å². The van der Waals surface area contributed by atoms with Crippen molar-refractivity contribution in [1.82, 2.24) is 4.90 Å². The van der Waals surface area contributed by atoms with E-state index in [-0.39, 0.29) is 12.0 Å². The standard InChI is InChI=1S/C14H21N3O2/c1-10-12(15)4-3-5-13(10)16-14(18)9-17-7-6-11(8-17)19-2/h3-5,11H,6-9,15H2,1-2H3,(H,16,18). The van der Waals surface area contributed by atoms with Crippen LogP contribution in [0.3, 0.4) is 0 Å². The molecule has 1 unspecified atom stereocenters. The molecule has 1 aromatic rings. The van der Waals surface area contributed by atoms with E-state index in [9.17, 15) is 4.79 Å². The fourth-order valence-electron chi connectivity index (χ4n) is 2.31. The van der Waals surface area contributed by atoms with Crippen LogP contribution in [0.15, 0.2) is 18.2 Å². The quantitative estimate of drug-likeness (QED) is 0.802. The Hall–Kier alpha value is -1.59. The molecular weight excluding hydrogens is 242 g/mol. The number of benzene rings is 1. The Balaban J connectivity index is 1.89. The zero-order valence-electron chi connectivity index (χ0n) is 11.5. The van der Waals surface area contributed by atoms with Gasteiger partial charge in [0.25, 0.3) is 0 Å². The number of nitrogens with zero attached hydrogens (tertiary/aromatic N) is 1. The van der Waals surface area contributed by atoms with Gasteiger partial charge in [-0.05, 0) is 31.0 Å². The van der Waals surface area contributed by atoms with Crippen LogP contribution in [-0.2, 0) is 9.53 Å². The molecule has 1 heterocycles. The summed E-state index contributed by atoms with van der Waals surface area (Å²) in [6, 6.07) is 5.54. The SMILES string of the molecule is COC1CCN(CC(=O)Nc2cccc(N)c2C)C1. The van der Waals surface area contributed by atoms with E-state index in [0.717, 1.165) is 30.8 Å². The average molecular weight is 263 g/mol. The van der Waals surface area contributed by atoms with Crippen molar-refractivity contribution in [3.05, 3.63) is 23.8 Å². The molecule has 2 rings (SSSR count). The first-order valence-corrected chi connectivity index (χ1v) is 6.50. The molecule has 0 spiro atoms. The number of ether oxygens (including phenoxy) is 1. The minimum atomic E-state index is -0.00884. The van der Waals surface area contributed by atoms with E-state index in [4.69, 9.17) is 10.5 Å². The maximum atomic E-state index is 12.0. The summed E-state index contributed by atoms with van der Waals surface area (Å²) in [5, 5.41) is 2.91. The molecular formula is C14H21N3O2. The Bertz CT molecular complexity index is 462. The van der Waals surface area contributed by atoms with Gasteiger partial charge in [-0.3, -0.25) is 9.69 Å². The zero-order valence-corrected chi connectivity index (χ0v) is 11.5. The molecule has 1 aliphatic rings. The Labute approximate surface area is 113 Å². The zero-order chi connectivity index (χ0) is 13.8. The number of anilines is 2.